The maximum atomic E-state index is 13.4. The number of hydrogen-bond acceptors (Lipinski definition) is 1. The second-order valence-corrected chi connectivity index (χ2v) is 5.01. The van der Waals surface area contributed by atoms with Crippen LogP contribution < -0.4 is 10.2 Å². The van der Waals surface area contributed by atoms with Gasteiger partial charge in [-0.3, -0.25) is 4.79 Å². The first-order valence-corrected chi connectivity index (χ1v) is 6.56. The first-order chi connectivity index (χ1) is 8.66. The van der Waals surface area contributed by atoms with Crippen molar-refractivity contribution in [3.63, 3.8) is 0 Å². The summed E-state index contributed by atoms with van der Waals surface area (Å²) in [5, 5.41) is 2.64. The molecule has 18 heavy (non-hydrogen) atoms. The topological polar surface area (TPSA) is 33.5 Å². The smallest absolute Gasteiger partial charge is 0.279 e. The third-order valence-corrected chi connectivity index (χ3v) is 3.62. The zero-order valence-corrected chi connectivity index (χ0v) is 10.7. The van der Waals surface area contributed by atoms with Crippen LogP contribution in [0.4, 0.5) is 10.1 Å². The van der Waals surface area contributed by atoms with E-state index < -0.39 is 0 Å². The lowest BCUT2D eigenvalue weighted by Crippen LogP contribution is -3.17. The summed E-state index contributed by atoms with van der Waals surface area (Å²) in [7, 11) is 0. The largest absolute Gasteiger partial charge is 0.325 e. The van der Waals surface area contributed by atoms with E-state index in [-0.39, 0.29) is 17.4 Å². The van der Waals surface area contributed by atoms with Crippen molar-refractivity contribution < 1.29 is 14.1 Å². The normalized spacial score (nSPS) is 23.7. The van der Waals surface area contributed by atoms with Crippen LogP contribution in [0.15, 0.2) is 24.3 Å². The maximum Gasteiger partial charge on any atom is 0.279 e. The molecule has 98 valence electrons. The molecule has 0 saturated carbocycles. The molecule has 2 N–H and O–H groups in total. The molecule has 0 bridgehead atoms. The molecule has 1 aromatic carbocycles. The fourth-order valence-electron chi connectivity index (χ4n) is 2.48. The summed E-state index contributed by atoms with van der Waals surface area (Å²) in [5.41, 5.74) is 0.270. The van der Waals surface area contributed by atoms with Gasteiger partial charge in [0, 0.05) is 0 Å². The molecule has 0 aliphatic carbocycles. The van der Waals surface area contributed by atoms with Crippen LogP contribution in [-0.4, -0.2) is 25.0 Å². The second kappa shape index (κ2) is 5.96. The molecule has 4 heteroatoms. The number of quaternary nitrogens is 1. The summed E-state index contributed by atoms with van der Waals surface area (Å²) in [6.07, 6.45) is 3.59. The number of carbonyl (C=O) groups excluding carboxylic acids is 1. The summed E-state index contributed by atoms with van der Waals surface area (Å²) in [4.78, 5) is 13.2. The number of nitrogens with one attached hydrogen (secondary N) is 2. The summed E-state index contributed by atoms with van der Waals surface area (Å²) in [6, 6.07) is 6.79. The number of halogens is 1. The van der Waals surface area contributed by atoms with E-state index in [0.717, 1.165) is 6.54 Å². The molecule has 1 fully saturated rings. The molecule has 2 rings (SSSR count). The SMILES string of the molecule is C[C@H]1CCCC[NH+]1CC(=O)Nc1ccccc1F. The minimum atomic E-state index is -0.382. The molecule has 1 aromatic rings. The van der Waals surface area contributed by atoms with Gasteiger partial charge in [0.05, 0.1) is 18.3 Å². The Morgan fingerprint density at radius 2 is 2.22 bits per heavy atom. The Hall–Kier alpha value is -1.42. The van der Waals surface area contributed by atoms with E-state index >= 15 is 0 Å². The Morgan fingerprint density at radius 3 is 2.94 bits per heavy atom. The average molecular weight is 251 g/mol. The van der Waals surface area contributed by atoms with Gasteiger partial charge in [0.2, 0.25) is 0 Å². The first-order valence-electron chi connectivity index (χ1n) is 6.56. The van der Waals surface area contributed by atoms with Crippen LogP contribution in [0.3, 0.4) is 0 Å². The molecule has 1 aliphatic rings. The number of para-hydroxylation sites is 1. The number of carbonyl (C=O) groups is 1. The van der Waals surface area contributed by atoms with Gasteiger partial charge in [0.15, 0.2) is 6.54 Å². The number of hydrogen-bond donors (Lipinski definition) is 2. The number of anilines is 1. The van der Waals surface area contributed by atoms with Crippen molar-refractivity contribution in [2.45, 2.75) is 32.2 Å². The van der Waals surface area contributed by atoms with Crippen LogP contribution >= 0.6 is 0 Å². The van der Waals surface area contributed by atoms with E-state index in [9.17, 15) is 9.18 Å². The fourth-order valence-corrected chi connectivity index (χ4v) is 2.48. The lowest BCUT2D eigenvalue weighted by atomic mass is 10.0. The number of amides is 1. The quantitative estimate of drug-likeness (QED) is 0.832. The second-order valence-electron chi connectivity index (χ2n) is 5.01. The monoisotopic (exact) mass is 251 g/mol. The van der Waals surface area contributed by atoms with Crippen molar-refractivity contribution in [2.24, 2.45) is 0 Å². The first kappa shape index (κ1) is 13.0. The molecule has 0 radical (unpaired) electrons. The van der Waals surface area contributed by atoms with Gasteiger partial charge in [-0.25, -0.2) is 4.39 Å². The number of rotatable bonds is 3. The fraction of sp³-hybridized carbons (Fsp3) is 0.500. The molecule has 2 atom stereocenters. The maximum absolute atomic E-state index is 13.4. The lowest BCUT2D eigenvalue weighted by Gasteiger charge is -2.29. The van der Waals surface area contributed by atoms with E-state index in [0.29, 0.717) is 12.6 Å². The Balaban J connectivity index is 1.90. The predicted molar refractivity (Wildman–Crippen MR) is 69.0 cm³/mol. The van der Waals surface area contributed by atoms with Crippen molar-refractivity contribution in [3.05, 3.63) is 30.1 Å². The molecule has 1 aliphatic heterocycles. The summed E-state index contributed by atoms with van der Waals surface area (Å²) in [6.45, 7) is 3.63. The van der Waals surface area contributed by atoms with Gasteiger partial charge >= 0.3 is 0 Å². The minimum absolute atomic E-state index is 0.108. The lowest BCUT2D eigenvalue weighted by molar-refractivity contribution is -0.920. The van der Waals surface area contributed by atoms with Gasteiger partial charge in [0.1, 0.15) is 5.82 Å². The van der Waals surface area contributed by atoms with E-state index in [2.05, 4.69) is 12.2 Å². The van der Waals surface area contributed by atoms with Crippen LogP contribution in [0, 0.1) is 5.82 Å². The van der Waals surface area contributed by atoms with Crippen LogP contribution in [0.2, 0.25) is 0 Å². The molecular formula is C14H20FN2O+. The number of likely N-dealkylation sites (tertiary alicyclic amines) is 1. The van der Waals surface area contributed by atoms with Crippen LogP contribution in [0.25, 0.3) is 0 Å². The molecule has 0 aromatic heterocycles. The highest BCUT2D eigenvalue weighted by Crippen LogP contribution is 2.11. The van der Waals surface area contributed by atoms with E-state index in [1.54, 1.807) is 18.2 Å². The molecule has 1 amide bonds. The van der Waals surface area contributed by atoms with Crippen molar-refractivity contribution in [1.82, 2.24) is 0 Å². The van der Waals surface area contributed by atoms with Crippen LogP contribution in [0.1, 0.15) is 26.2 Å². The van der Waals surface area contributed by atoms with E-state index in [1.165, 1.54) is 30.2 Å². The Labute approximate surface area is 107 Å². The van der Waals surface area contributed by atoms with Gasteiger partial charge in [-0.05, 0) is 38.3 Å². The average Bonchev–Trinajstić information content (AvgIpc) is 2.35. The van der Waals surface area contributed by atoms with Crippen molar-refractivity contribution in [2.75, 3.05) is 18.4 Å². The number of piperidine rings is 1. The third-order valence-electron chi connectivity index (χ3n) is 3.62. The van der Waals surface area contributed by atoms with Gasteiger partial charge < -0.3 is 10.2 Å². The Bertz CT molecular complexity index is 422. The van der Waals surface area contributed by atoms with Crippen molar-refractivity contribution in [1.29, 1.82) is 0 Å². The molecular weight excluding hydrogens is 231 g/mol. The molecule has 1 saturated heterocycles. The predicted octanol–water partition coefficient (Wildman–Crippen LogP) is 1.22. The van der Waals surface area contributed by atoms with E-state index in [1.807, 2.05) is 0 Å². The third kappa shape index (κ3) is 3.29. The molecule has 0 spiro atoms. The molecule has 1 unspecified atom stereocenters. The molecule has 3 nitrogen and oxygen atoms in total. The summed E-state index contributed by atoms with van der Waals surface area (Å²) >= 11 is 0. The standard InChI is InChI=1S/C14H19FN2O/c1-11-6-4-5-9-17(11)10-14(18)16-13-8-3-2-7-12(13)15/h2-3,7-8,11H,4-6,9-10H2,1H3,(H,16,18)/p+1/t11-/m0/s1. The van der Waals surface area contributed by atoms with E-state index in [4.69, 9.17) is 0 Å². The minimum Gasteiger partial charge on any atom is -0.325 e. The van der Waals surface area contributed by atoms with Crippen molar-refractivity contribution in [3.8, 4) is 0 Å². The Kier molecular flexibility index (Phi) is 4.31. The van der Waals surface area contributed by atoms with Gasteiger partial charge in [-0.1, -0.05) is 12.1 Å². The number of benzene rings is 1. The summed E-state index contributed by atoms with van der Waals surface area (Å²) < 4.78 is 13.4. The molecule has 1 heterocycles. The highest BCUT2D eigenvalue weighted by atomic mass is 19.1. The Morgan fingerprint density at radius 1 is 1.44 bits per heavy atom. The van der Waals surface area contributed by atoms with Crippen LogP contribution in [0.5, 0.6) is 0 Å². The zero-order chi connectivity index (χ0) is 13.0. The van der Waals surface area contributed by atoms with Gasteiger partial charge in [-0.15, -0.1) is 0 Å². The van der Waals surface area contributed by atoms with Crippen molar-refractivity contribution >= 4 is 11.6 Å². The van der Waals surface area contributed by atoms with Gasteiger partial charge in [-0.2, -0.15) is 0 Å². The summed E-state index contributed by atoms with van der Waals surface area (Å²) in [5.74, 6) is -0.489. The van der Waals surface area contributed by atoms with Gasteiger partial charge in [0.25, 0.3) is 5.91 Å². The highest BCUT2D eigenvalue weighted by molar-refractivity contribution is 5.91. The zero-order valence-electron chi connectivity index (χ0n) is 10.7. The van der Waals surface area contributed by atoms with Crippen LogP contribution in [-0.2, 0) is 4.79 Å². The highest BCUT2D eigenvalue weighted by Gasteiger charge is 2.24.